The van der Waals surface area contributed by atoms with E-state index in [-0.39, 0.29) is 0 Å². The number of nitrogens with zero attached hydrogens (tertiary/aromatic N) is 1. The molecule has 0 atom stereocenters. The largest absolute Gasteiger partial charge is 0.500 e. The molecule has 0 bridgehead atoms. The Kier molecular flexibility index (Phi) is 11.4. The summed E-state index contributed by atoms with van der Waals surface area (Å²) in [7, 11) is 4.70. The lowest BCUT2D eigenvalue weighted by molar-refractivity contribution is 0.0712. The lowest BCUT2D eigenvalue weighted by Gasteiger charge is -2.28. The smallest absolute Gasteiger partial charge is 0.374 e. The Morgan fingerprint density at radius 2 is 1.69 bits per heavy atom. The first kappa shape index (κ1) is 22.9. The van der Waals surface area contributed by atoms with Crippen molar-refractivity contribution in [2.75, 3.05) is 25.6 Å². The molecule has 146 valence electrons. The molecule has 26 heavy (non-hydrogen) atoms. The van der Waals surface area contributed by atoms with Gasteiger partial charge in [0.25, 0.3) is 0 Å². The zero-order valence-corrected chi connectivity index (χ0v) is 20.3. The van der Waals surface area contributed by atoms with E-state index in [1.54, 1.807) is 41.8 Å². The van der Waals surface area contributed by atoms with E-state index in [0.717, 1.165) is 28.1 Å². The monoisotopic (exact) mass is 467 g/mol. The first-order chi connectivity index (χ1) is 12.7. The van der Waals surface area contributed by atoms with Gasteiger partial charge in [0.1, 0.15) is 0 Å². The minimum absolute atomic E-state index is 0.642. The Morgan fingerprint density at radius 1 is 1.00 bits per heavy atom. The van der Waals surface area contributed by atoms with Crippen molar-refractivity contribution < 1.29 is 13.3 Å². The summed E-state index contributed by atoms with van der Waals surface area (Å²) in [6.45, 7) is 7.93. The Morgan fingerprint density at radius 3 is 2.35 bits per heavy atom. The Labute approximate surface area is 176 Å². The molecule has 0 fully saturated rings. The average Bonchev–Trinajstić information content (AvgIpc) is 3.04. The van der Waals surface area contributed by atoms with Crippen LogP contribution in [0, 0.1) is 0 Å². The van der Waals surface area contributed by atoms with Gasteiger partial charge < -0.3 is 13.3 Å². The first-order valence-corrected chi connectivity index (χ1v) is 16.4. The number of fused-ring (bicyclic) bond motifs is 1. The summed E-state index contributed by atoms with van der Waals surface area (Å²) in [6.07, 6.45) is 1.04. The molecule has 0 aliphatic rings. The van der Waals surface area contributed by atoms with Crippen molar-refractivity contribution in [2.24, 2.45) is 0 Å². The second-order valence-electron chi connectivity index (χ2n) is 5.07. The van der Waals surface area contributed by atoms with Crippen LogP contribution in [-0.2, 0) is 13.3 Å². The highest BCUT2D eigenvalue weighted by molar-refractivity contribution is 9.26. The quantitative estimate of drug-likeness (QED) is 0.171. The van der Waals surface area contributed by atoms with E-state index in [0.29, 0.717) is 19.8 Å². The van der Waals surface area contributed by atoms with Crippen molar-refractivity contribution in [1.82, 2.24) is 4.98 Å². The SMILES string of the molecule is CCO[Si](CCCSSSSc1nc2ccccc2s1)(OCC)OCC. The number of aromatic nitrogens is 1. The summed E-state index contributed by atoms with van der Waals surface area (Å²) in [5.74, 6) is 1.06. The molecule has 1 aromatic heterocycles. The fourth-order valence-corrected chi connectivity index (χ4v) is 12.5. The Balaban J connectivity index is 1.64. The minimum atomic E-state index is -2.48. The van der Waals surface area contributed by atoms with E-state index in [9.17, 15) is 0 Å². The number of benzene rings is 1. The summed E-state index contributed by atoms with van der Waals surface area (Å²) in [4.78, 5) is 4.63. The summed E-state index contributed by atoms with van der Waals surface area (Å²) in [5.41, 5.74) is 1.09. The lowest BCUT2D eigenvalue weighted by atomic mass is 10.3. The summed E-state index contributed by atoms with van der Waals surface area (Å²) < 4.78 is 20.0. The van der Waals surface area contributed by atoms with Gasteiger partial charge in [-0.25, -0.2) is 4.98 Å². The third-order valence-corrected chi connectivity index (χ3v) is 14.1. The van der Waals surface area contributed by atoms with Gasteiger partial charge in [-0.1, -0.05) is 22.9 Å². The van der Waals surface area contributed by atoms with Crippen molar-refractivity contribution in [1.29, 1.82) is 0 Å². The van der Waals surface area contributed by atoms with Crippen LogP contribution in [0.5, 0.6) is 0 Å². The molecule has 1 aromatic carbocycles. The van der Waals surface area contributed by atoms with Crippen molar-refractivity contribution >= 4 is 71.6 Å². The van der Waals surface area contributed by atoms with Crippen molar-refractivity contribution in [3.63, 3.8) is 0 Å². The van der Waals surface area contributed by atoms with E-state index < -0.39 is 8.80 Å². The summed E-state index contributed by atoms with van der Waals surface area (Å²) >= 11 is 1.75. The van der Waals surface area contributed by atoms with Gasteiger partial charge in [-0.05, 0) is 69.8 Å². The molecule has 0 radical (unpaired) electrons. The fraction of sp³-hybridized carbons (Fsp3) is 0.562. The molecule has 1 heterocycles. The highest BCUT2D eigenvalue weighted by Gasteiger charge is 2.39. The molecule has 0 N–H and O–H groups in total. The standard InChI is InChI=1S/C16H25NO3S5Si/c1-4-18-26(19-5-2,20-6-3)13-9-12-21-24-25-23-16-17-14-10-7-8-11-15(14)22-16/h7-8,10-11H,4-6,9,12-13H2,1-3H3. The number of hydrogen-bond acceptors (Lipinski definition) is 9. The van der Waals surface area contributed by atoms with Gasteiger partial charge >= 0.3 is 8.80 Å². The molecule has 2 rings (SSSR count). The molecule has 0 saturated carbocycles. The predicted molar refractivity (Wildman–Crippen MR) is 123 cm³/mol. The fourth-order valence-electron chi connectivity index (χ4n) is 2.33. The summed E-state index contributed by atoms with van der Waals surface area (Å²) in [5, 5.41) is 0. The zero-order chi connectivity index (χ0) is 18.7. The number of para-hydroxylation sites is 1. The van der Waals surface area contributed by atoms with Gasteiger partial charge in [0.2, 0.25) is 0 Å². The van der Waals surface area contributed by atoms with Crippen LogP contribution >= 0.6 is 52.6 Å². The first-order valence-electron chi connectivity index (χ1n) is 8.63. The highest BCUT2D eigenvalue weighted by Crippen LogP contribution is 2.48. The van der Waals surface area contributed by atoms with Crippen molar-refractivity contribution in [2.45, 2.75) is 37.6 Å². The van der Waals surface area contributed by atoms with E-state index in [2.05, 4.69) is 23.2 Å². The third-order valence-electron chi connectivity index (χ3n) is 3.26. The van der Waals surface area contributed by atoms with Gasteiger partial charge in [0.05, 0.1) is 10.2 Å². The second kappa shape index (κ2) is 12.9. The third kappa shape index (κ3) is 7.55. The number of hydrogen-bond donors (Lipinski definition) is 0. The molecule has 0 unspecified atom stereocenters. The van der Waals surface area contributed by atoms with Gasteiger partial charge in [-0.15, -0.1) is 11.3 Å². The highest BCUT2D eigenvalue weighted by atomic mass is 33.7. The Bertz CT molecular complexity index is 595. The molecular weight excluding hydrogens is 443 g/mol. The second-order valence-corrected chi connectivity index (χ2v) is 15.0. The number of rotatable bonds is 14. The maximum absolute atomic E-state index is 5.89. The summed E-state index contributed by atoms with van der Waals surface area (Å²) in [6, 6.07) is 9.15. The zero-order valence-electron chi connectivity index (χ0n) is 15.3. The molecule has 0 saturated heterocycles. The van der Waals surface area contributed by atoms with Crippen LogP contribution < -0.4 is 0 Å². The molecule has 10 heteroatoms. The lowest BCUT2D eigenvalue weighted by Crippen LogP contribution is -2.46. The van der Waals surface area contributed by atoms with Crippen LogP contribution in [-0.4, -0.2) is 39.4 Å². The molecule has 0 aliphatic carbocycles. The topological polar surface area (TPSA) is 40.6 Å². The molecule has 0 spiro atoms. The minimum Gasteiger partial charge on any atom is -0.374 e. The van der Waals surface area contributed by atoms with Crippen LogP contribution in [0.3, 0.4) is 0 Å². The van der Waals surface area contributed by atoms with Crippen LogP contribution in [0.15, 0.2) is 28.6 Å². The molecule has 0 aliphatic heterocycles. The molecule has 4 nitrogen and oxygen atoms in total. The van der Waals surface area contributed by atoms with Crippen LogP contribution in [0.1, 0.15) is 27.2 Å². The van der Waals surface area contributed by atoms with E-state index >= 15 is 0 Å². The van der Waals surface area contributed by atoms with E-state index in [4.69, 9.17) is 13.3 Å². The van der Waals surface area contributed by atoms with E-state index in [1.807, 2.05) is 37.6 Å². The normalized spacial score (nSPS) is 12.1. The van der Waals surface area contributed by atoms with Crippen LogP contribution in [0.4, 0.5) is 0 Å². The Hall–Kier alpha value is 0.607. The van der Waals surface area contributed by atoms with Gasteiger partial charge in [0.15, 0.2) is 4.34 Å². The van der Waals surface area contributed by atoms with Gasteiger partial charge in [-0.2, -0.15) is 0 Å². The molecule has 0 amide bonds. The van der Waals surface area contributed by atoms with Crippen LogP contribution in [0.25, 0.3) is 10.2 Å². The number of thiazole rings is 1. The van der Waals surface area contributed by atoms with Crippen molar-refractivity contribution in [3.05, 3.63) is 24.3 Å². The predicted octanol–water partition coefficient (Wildman–Crippen LogP) is 6.77. The van der Waals surface area contributed by atoms with E-state index in [1.165, 1.54) is 4.70 Å². The average molecular weight is 468 g/mol. The molecular formula is C16H25NO3S5Si. The van der Waals surface area contributed by atoms with Crippen molar-refractivity contribution in [3.8, 4) is 0 Å². The molecule has 2 aromatic rings. The maximum Gasteiger partial charge on any atom is 0.500 e. The van der Waals surface area contributed by atoms with Crippen LogP contribution in [0.2, 0.25) is 6.04 Å². The maximum atomic E-state index is 5.89. The van der Waals surface area contributed by atoms with Gasteiger partial charge in [0, 0.05) is 31.6 Å². The van der Waals surface area contributed by atoms with Gasteiger partial charge in [-0.3, -0.25) is 0 Å².